The first kappa shape index (κ1) is 11.8. The Kier molecular flexibility index (Phi) is 3.01. The Balaban J connectivity index is 2.94. The number of rotatable bonds is 2. The largest absolute Gasteiger partial charge is 0.322 e. The quantitative estimate of drug-likeness (QED) is 0.862. The van der Waals surface area contributed by atoms with E-state index in [2.05, 4.69) is 23.8 Å². The zero-order valence-corrected chi connectivity index (χ0v) is 10.8. The first-order valence-corrected chi connectivity index (χ1v) is 6.10. The van der Waals surface area contributed by atoms with Crippen LogP contribution in [0.15, 0.2) is 10.9 Å². The van der Waals surface area contributed by atoms with Gasteiger partial charge in [-0.3, -0.25) is 9.78 Å². The van der Waals surface area contributed by atoms with Crippen molar-refractivity contribution in [3.05, 3.63) is 38.9 Å². The molecule has 90 valence electrons. The number of aryl methyl sites for hydroxylation is 3. The maximum Gasteiger partial charge on any atom is 0.251 e. The summed E-state index contributed by atoms with van der Waals surface area (Å²) >= 11 is 0. The lowest BCUT2D eigenvalue weighted by molar-refractivity contribution is 0.964. The number of hydrogen-bond acceptors (Lipinski definition) is 2. The van der Waals surface area contributed by atoms with Crippen LogP contribution in [0.5, 0.6) is 0 Å². The minimum absolute atomic E-state index is 0.00491. The monoisotopic (exact) mass is 230 g/mol. The number of pyridine rings is 2. The van der Waals surface area contributed by atoms with Crippen LogP contribution in [0.25, 0.3) is 10.9 Å². The molecular weight excluding hydrogens is 212 g/mol. The van der Waals surface area contributed by atoms with Crippen molar-refractivity contribution in [3.63, 3.8) is 0 Å². The third-order valence-corrected chi connectivity index (χ3v) is 3.37. The minimum atomic E-state index is 0.00491. The Morgan fingerprint density at radius 2 is 1.88 bits per heavy atom. The van der Waals surface area contributed by atoms with E-state index in [0.717, 1.165) is 46.3 Å². The molecule has 0 bridgehead atoms. The van der Waals surface area contributed by atoms with E-state index in [-0.39, 0.29) is 5.56 Å². The van der Waals surface area contributed by atoms with Crippen molar-refractivity contribution in [2.45, 2.75) is 40.5 Å². The molecule has 0 aliphatic heterocycles. The van der Waals surface area contributed by atoms with Gasteiger partial charge < -0.3 is 4.98 Å². The second kappa shape index (κ2) is 4.32. The Hall–Kier alpha value is -1.64. The van der Waals surface area contributed by atoms with Gasteiger partial charge in [0, 0.05) is 22.3 Å². The van der Waals surface area contributed by atoms with Gasteiger partial charge in [-0.15, -0.1) is 0 Å². The second-order valence-corrected chi connectivity index (χ2v) is 4.39. The van der Waals surface area contributed by atoms with E-state index >= 15 is 0 Å². The average Bonchev–Trinajstić information content (AvgIpc) is 2.34. The fourth-order valence-corrected chi connectivity index (χ4v) is 2.18. The Morgan fingerprint density at radius 1 is 1.18 bits per heavy atom. The van der Waals surface area contributed by atoms with E-state index in [0.29, 0.717) is 0 Å². The summed E-state index contributed by atoms with van der Waals surface area (Å²) in [6.45, 7) is 8.04. The van der Waals surface area contributed by atoms with Gasteiger partial charge in [0.05, 0.1) is 5.52 Å². The predicted molar refractivity (Wildman–Crippen MR) is 70.6 cm³/mol. The predicted octanol–water partition coefficient (Wildman–Crippen LogP) is 2.66. The number of nitrogens with one attached hydrogen (secondary N) is 1. The van der Waals surface area contributed by atoms with Crippen LogP contribution in [-0.4, -0.2) is 9.97 Å². The van der Waals surface area contributed by atoms with E-state index < -0.39 is 0 Å². The fraction of sp³-hybridized carbons (Fsp3) is 0.429. The normalized spacial score (nSPS) is 11.1. The molecule has 0 aliphatic rings. The van der Waals surface area contributed by atoms with Gasteiger partial charge in [0.25, 0.3) is 5.56 Å². The van der Waals surface area contributed by atoms with Crippen LogP contribution in [0.2, 0.25) is 0 Å². The number of fused-ring (bicyclic) bond motifs is 1. The SMILES string of the molecule is CCc1cc2[nH]c(=O)c(C)c(C)c2c(CC)n1. The summed E-state index contributed by atoms with van der Waals surface area (Å²) in [6.07, 6.45) is 1.77. The van der Waals surface area contributed by atoms with Crippen molar-refractivity contribution >= 4 is 10.9 Å². The van der Waals surface area contributed by atoms with Gasteiger partial charge in [-0.1, -0.05) is 13.8 Å². The van der Waals surface area contributed by atoms with Crippen LogP contribution in [0, 0.1) is 13.8 Å². The standard InChI is InChI=1S/C14H18N2O/c1-5-10-7-12-13(11(6-2)15-10)8(3)9(4)14(17)16-12/h7H,5-6H2,1-4H3,(H,16,17). The lowest BCUT2D eigenvalue weighted by Crippen LogP contribution is -2.13. The van der Waals surface area contributed by atoms with E-state index in [9.17, 15) is 4.79 Å². The van der Waals surface area contributed by atoms with Crippen LogP contribution in [-0.2, 0) is 12.8 Å². The van der Waals surface area contributed by atoms with Gasteiger partial charge in [-0.2, -0.15) is 0 Å². The molecule has 2 rings (SSSR count). The van der Waals surface area contributed by atoms with Crippen LogP contribution < -0.4 is 5.56 Å². The molecule has 17 heavy (non-hydrogen) atoms. The highest BCUT2D eigenvalue weighted by Gasteiger charge is 2.10. The van der Waals surface area contributed by atoms with Crippen LogP contribution in [0.4, 0.5) is 0 Å². The molecule has 0 unspecified atom stereocenters. The number of aromatic amines is 1. The van der Waals surface area contributed by atoms with E-state index in [1.807, 2.05) is 19.9 Å². The zero-order chi connectivity index (χ0) is 12.6. The fourth-order valence-electron chi connectivity index (χ4n) is 2.18. The summed E-state index contributed by atoms with van der Waals surface area (Å²) in [6, 6.07) is 1.99. The molecule has 2 aromatic heterocycles. The molecule has 2 heterocycles. The van der Waals surface area contributed by atoms with E-state index in [1.54, 1.807) is 0 Å². The number of hydrogen-bond donors (Lipinski definition) is 1. The zero-order valence-electron chi connectivity index (χ0n) is 10.8. The maximum atomic E-state index is 11.8. The third-order valence-electron chi connectivity index (χ3n) is 3.37. The summed E-state index contributed by atoms with van der Waals surface area (Å²) in [5.41, 5.74) is 4.88. The van der Waals surface area contributed by atoms with Crippen molar-refractivity contribution in [3.8, 4) is 0 Å². The highest BCUT2D eigenvalue weighted by molar-refractivity contribution is 5.85. The van der Waals surface area contributed by atoms with Crippen LogP contribution in [0.1, 0.15) is 36.4 Å². The highest BCUT2D eigenvalue weighted by Crippen LogP contribution is 2.21. The van der Waals surface area contributed by atoms with Gasteiger partial charge >= 0.3 is 0 Å². The molecule has 3 nitrogen and oxygen atoms in total. The number of nitrogens with zero attached hydrogens (tertiary/aromatic N) is 1. The lowest BCUT2D eigenvalue weighted by atomic mass is 10.0. The summed E-state index contributed by atoms with van der Waals surface area (Å²) < 4.78 is 0. The smallest absolute Gasteiger partial charge is 0.251 e. The molecule has 0 radical (unpaired) electrons. The average molecular weight is 230 g/mol. The van der Waals surface area contributed by atoms with Crippen LogP contribution in [0.3, 0.4) is 0 Å². The topological polar surface area (TPSA) is 45.8 Å². The Bertz CT molecular complexity index is 626. The summed E-state index contributed by atoms with van der Waals surface area (Å²) in [5, 5.41) is 1.11. The molecule has 0 saturated carbocycles. The minimum Gasteiger partial charge on any atom is -0.322 e. The molecule has 2 aromatic rings. The maximum absolute atomic E-state index is 11.8. The number of aromatic nitrogens is 2. The molecule has 0 amide bonds. The van der Waals surface area contributed by atoms with Crippen LogP contribution >= 0.6 is 0 Å². The summed E-state index contributed by atoms with van der Waals surface area (Å²) in [5.74, 6) is 0. The number of H-pyrrole nitrogens is 1. The Morgan fingerprint density at radius 3 is 2.47 bits per heavy atom. The second-order valence-electron chi connectivity index (χ2n) is 4.39. The van der Waals surface area contributed by atoms with Crippen molar-refractivity contribution in [2.75, 3.05) is 0 Å². The van der Waals surface area contributed by atoms with Gasteiger partial charge in [0.15, 0.2) is 0 Å². The van der Waals surface area contributed by atoms with E-state index in [1.165, 1.54) is 0 Å². The molecule has 0 saturated heterocycles. The van der Waals surface area contributed by atoms with Crippen molar-refractivity contribution < 1.29 is 0 Å². The highest BCUT2D eigenvalue weighted by atomic mass is 16.1. The van der Waals surface area contributed by atoms with E-state index in [4.69, 9.17) is 0 Å². The van der Waals surface area contributed by atoms with Crippen molar-refractivity contribution in [2.24, 2.45) is 0 Å². The summed E-state index contributed by atoms with van der Waals surface area (Å²) in [4.78, 5) is 19.4. The van der Waals surface area contributed by atoms with Crippen molar-refractivity contribution in [1.82, 2.24) is 9.97 Å². The molecule has 3 heteroatoms. The van der Waals surface area contributed by atoms with Gasteiger partial charge in [-0.25, -0.2) is 0 Å². The first-order chi connectivity index (χ1) is 8.08. The molecule has 0 atom stereocenters. The first-order valence-electron chi connectivity index (χ1n) is 6.10. The molecule has 0 fully saturated rings. The van der Waals surface area contributed by atoms with Gasteiger partial charge in [0.2, 0.25) is 0 Å². The lowest BCUT2D eigenvalue weighted by Gasteiger charge is -2.11. The summed E-state index contributed by atoms with van der Waals surface area (Å²) in [7, 11) is 0. The molecule has 0 aliphatic carbocycles. The Labute approximate surface area is 101 Å². The molecule has 0 aromatic carbocycles. The molecular formula is C14H18N2O. The molecule has 1 N–H and O–H groups in total. The van der Waals surface area contributed by atoms with Gasteiger partial charge in [-0.05, 0) is 38.3 Å². The van der Waals surface area contributed by atoms with Crippen molar-refractivity contribution in [1.29, 1.82) is 0 Å². The third kappa shape index (κ3) is 1.86. The van der Waals surface area contributed by atoms with Gasteiger partial charge in [0.1, 0.15) is 0 Å². The molecule has 0 spiro atoms.